The highest BCUT2D eigenvalue weighted by molar-refractivity contribution is 8.03. The molecule has 90 valence electrons. The lowest BCUT2D eigenvalue weighted by molar-refractivity contribution is 0.0315. The minimum Gasteiger partial charge on any atom is -0.377 e. The lowest BCUT2D eigenvalue weighted by Gasteiger charge is -2.21. The highest BCUT2D eigenvalue weighted by Crippen LogP contribution is 2.30. The molecule has 2 rings (SSSR count). The van der Waals surface area contributed by atoms with Gasteiger partial charge in [0.25, 0.3) is 0 Å². The Morgan fingerprint density at radius 3 is 2.81 bits per heavy atom. The molecule has 1 atom stereocenters. The fourth-order valence-electron chi connectivity index (χ4n) is 1.54. The smallest absolute Gasteiger partial charge is 0.175 e. The van der Waals surface area contributed by atoms with E-state index in [0.29, 0.717) is 6.10 Å². The van der Waals surface area contributed by atoms with Crippen LogP contribution in [0.3, 0.4) is 0 Å². The second-order valence-corrected chi connectivity index (χ2v) is 7.32. The minimum absolute atomic E-state index is 0.421. The van der Waals surface area contributed by atoms with E-state index in [9.17, 15) is 0 Å². The van der Waals surface area contributed by atoms with E-state index in [2.05, 4.69) is 17.1 Å². The fraction of sp³-hybridized carbons (Fsp3) is 0.800. The van der Waals surface area contributed by atoms with Gasteiger partial charge in [0.05, 0.1) is 6.10 Å². The molecule has 0 aliphatic carbocycles. The molecular weight excluding hydrogens is 260 g/mol. The van der Waals surface area contributed by atoms with Gasteiger partial charge in [-0.25, -0.2) is 0 Å². The second-order valence-electron chi connectivity index (χ2n) is 3.57. The molecule has 0 amide bonds. The van der Waals surface area contributed by atoms with Gasteiger partial charge in [-0.3, -0.25) is 0 Å². The van der Waals surface area contributed by atoms with Crippen molar-refractivity contribution in [3.05, 3.63) is 0 Å². The molecule has 3 nitrogen and oxygen atoms in total. The Kier molecular flexibility index (Phi) is 5.41. The molecule has 1 aliphatic rings. The van der Waals surface area contributed by atoms with E-state index in [1.807, 2.05) is 0 Å². The van der Waals surface area contributed by atoms with Crippen molar-refractivity contribution < 1.29 is 4.74 Å². The van der Waals surface area contributed by atoms with Crippen LogP contribution in [-0.2, 0) is 4.74 Å². The SMILES string of the molecule is CCSc1nnc(SCC2CCCCO2)s1. The summed E-state index contributed by atoms with van der Waals surface area (Å²) in [6, 6.07) is 0. The number of hydrogen-bond acceptors (Lipinski definition) is 6. The fourth-order valence-corrected chi connectivity index (χ4v) is 4.55. The number of nitrogens with zero attached hydrogens (tertiary/aromatic N) is 2. The van der Waals surface area contributed by atoms with Crippen LogP contribution in [0, 0.1) is 0 Å². The molecule has 0 radical (unpaired) electrons. The minimum atomic E-state index is 0.421. The van der Waals surface area contributed by atoms with Crippen LogP contribution in [0.2, 0.25) is 0 Å². The van der Waals surface area contributed by atoms with Gasteiger partial charge in [0.1, 0.15) is 0 Å². The molecule has 1 fully saturated rings. The normalized spacial score (nSPS) is 21.2. The largest absolute Gasteiger partial charge is 0.377 e. The van der Waals surface area contributed by atoms with Gasteiger partial charge in [-0.1, -0.05) is 41.8 Å². The Labute approximate surface area is 109 Å². The third-order valence-corrected chi connectivity index (χ3v) is 5.53. The average molecular weight is 276 g/mol. The van der Waals surface area contributed by atoms with Gasteiger partial charge in [0.15, 0.2) is 8.68 Å². The molecule has 16 heavy (non-hydrogen) atoms. The van der Waals surface area contributed by atoms with Crippen molar-refractivity contribution >= 4 is 34.9 Å². The van der Waals surface area contributed by atoms with Crippen LogP contribution in [0.25, 0.3) is 0 Å². The molecule has 0 saturated carbocycles. The molecule has 2 heterocycles. The van der Waals surface area contributed by atoms with E-state index in [0.717, 1.165) is 26.8 Å². The Hall–Kier alpha value is 0.220. The third-order valence-electron chi connectivity index (χ3n) is 2.32. The van der Waals surface area contributed by atoms with Crippen LogP contribution in [-0.4, -0.2) is 34.4 Å². The molecule has 0 aromatic carbocycles. The summed E-state index contributed by atoms with van der Waals surface area (Å²) in [6.07, 6.45) is 4.14. The lowest BCUT2D eigenvalue weighted by Crippen LogP contribution is -2.21. The molecule has 1 aromatic heterocycles. The van der Waals surface area contributed by atoms with Crippen LogP contribution >= 0.6 is 34.9 Å². The second kappa shape index (κ2) is 6.83. The van der Waals surface area contributed by atoms with Crippen molar-refractivity contribution in [2.75, 3.05) is 18.1 Å². The van der Waals surface area contributed by atoms with E-state index < -0.39 is 0 Å². The van der Waals surface area contributed by atoms with E-state index in [1.165, 1.54) is 19.3 Å². The molecule has 1 aromatic rings. The molecule has 0 spiro atoms. The van der Waals surface area contributed by atoms with Crippen LogP contribution in [0.15, 0.2) is 8.68 Å². The number of rotatable bonds is 5. The number of hydrogen-bond donors (Lipinski definition) is 0. The van der Waals surface area contributed by atoms with Gasteiger partial charge in [-0.05, 0) is 25.0 Å². The maximum atomic E-state index is 5.68. The van der Waals surface area contributed by atoms with Gasteiger partial charge in [0, 0.05) is 12.4 Å². The number of thioether (sulfide) groups is 2. The zero-order valence-electron chi connectivity index (χ0n) is 9.35. The summed E-state index contributed by atoms with van der Waals surface area (Å²) < 4.78 is 7.84. The van der Waals surface area contributed by atoms with Crippen molar-refractivity contribution in [2.24, 2.45) is 0 Å². The Balaban J connectivity index is 1.75. The molecule has 0 bridgehead atoms. The van der Waals surface area contributed by atoms with E-state index in [-0.39, 0.29) is 0 Å². The van der Waals surface area contributed by atoms with Gasteiger partial charge in [-0.2, -0.15) is 0 Å². The molecule has 1 unspecified atom stereocenters. The summed E-state index contributed by atoms with van der Waals surface area (Å²) in [5, 5.41) is 8.31. The van der Waals surface area contributed by atoms with E-state index in [4.69, 9.17) is 4.74 Å². The Bertz CT molecular complexity index is 313. The third kappa shape index (κ3) is 3.91. The van der Waals surface area contributed by atoms with Crippen molar-refractivity contribution in [3.8, 4) is 0 Å². The standard InChI is InChI=1S/C10H16N2OS3/c1-2-14-9-11-12-10(16-9)15-7-8-5-3-4-6-13-8/h8H,2-7H2,1H3. The van der Waals surface area contributed by atoms with Crippen molar-refractivity contribution in [3.63, 3.8) is 0 Å². The van der Waals surface area contributed by atoms with Crippen LogP contribution < -0.4 is 0 Å². The van der Waals surface area contributed by atoms with Crippen molar-refractivity contribution in [2.45, 2.75) is 41.0 Å². The van der Waals surface area contributed by atoms with E-state index in [1.54, 1.807) is 34.9 Å². The first kappa shape index (κ1) is 12.7. The summed E-state index contributed by atoms with van der Waals surface area (Å²) >= 11 is 5.23. The first-order chi connectivity index (χ1) is 7.88. The monoisotopic (exact) mass is 276 g/mol. The van der Waals surface area contributed by atoms with Gasteiger partial charge >= 0.3 is 0 Å². The van der Waals surface area contributed by atoms with Crippen LogP contribution in [0.1, 0.15) is 26.2 Å². The highest BCUT2D eigenvalue weighted by atomic mass is 32.2. The number of aromatic nitrogens is 2. The summed E-state index contributed by atoms with van der Waals surface area (Å²) in [5.41, 5.74) is 0. The zero-order valence-corrected chi connectivity index (χ0v) is 11.8. The molecular formula is C10H16N2OS3. The lowest BCUT2D eigenvalue weighted by atomic mass is 10.1. The van der Waals surface area contributed by atoms with Gasteiger partial charge in [0.2, 0.25) is 0 Å². The Morgan fingerprint density at radius 2 is 2.12 bits per heavy atom. The summed E-state index contributed by atoms with van der Waals surface area (Å²) in [4.78, 5) is 0. The predicted molar refractivity (Wildman–Crippen MR) is 70.6 cm³/mol. The first-order valence-corrected chi connectivity index (χ1v) is 8.38. The quantitative estimate of drug-likeness (QED) is 0.771. The maximum absolute atomic E-state index is 5.68. The first-order valence-electron chi connectivity index (χ1n) is 5.59. The summed E-state index contributed by atoms with van der Waals surface area (Å²) in [6.45, 7) is 3.06. The Morgan fingerprint density at radius 1 is 1.31 bits per heavy atom. The van der Waals surface area contributed by atoms with Gasteiger partial charge < -0.3 is 4.74 Å². The van der Waals surface area contributed by atoms with Crippen molar-refractivity contribution in [1.82, 2.24) is 10.2 Å². The molecule has 0 N–H and O–H groups in total. The highest BCUT2D eigenvalue weighted by Gasteiger charge is 2.15. The predicted octanol–water partition coefficient (Wildman–Crippen LogP) is 3.31. The average Bonchev–Trinajstić information content (AvgIpc) is 2.76. The van der Waals surface area contributed by atoms with Gasteiger partial charge in [-0.15, -0.1) is 10.2 Å². The molecule has 6 heteroatoms. The molecule has 1 saturated heterocycles. The maximum Gasteiger partial charge on any atom is 0.175 e. The number of ether oxygens (including phenoxy) is 1. The van der Waals surface area contributed by atoms with Crippen LogP contribution in [0.5, 0.6) is 0 Å². The summed E-state index contributed by atoms with van der Waals surface area (Å²) in [5.74, 6) is 2.08. The topological polar surface area (TPSA) is 35.0 Å². The summed E-state index contributed by atoms with van der Waals surface area (Å²) in [7, 11) is 0. The zero-order chi connectivity index (χ0) is 11.2. The molecule has 1 aliphatic heterocycles. The van der Waals surface area contributed by atoms with Crippen LogP contribution in [0.4, 0.5) is 0 Å². The van der Waals surface area contributed by atoms with Crippen molar-refractivity contribution in [1.29, 1.82) is 0 Å². The van der Waals surface area contributed by atoms with E-state index >= 15 is 0 Å².